The van der Waals surface area contributed by atoms with Gasteiger partial charge in [0.1, 0.15) is 0 Å². The second-order valence-corrected chi connectivity index (χ2v) is 6.89. The molecule has 0 aliphatic heterocycles. The van der Waals surface area contributed by atoms with Crippen molar-refractivity contribution in [3.8, 4) is 11.5 Å². The minimum atomic E-state index is -0.610. The molecule has 0 radical (unpaired) electrons. The van der Waals surface area contributed by atoms with E-state index in [0.29, 0.717) is 32.4 Å². The molecule has 3 rings (SSSR count). The summed E-state index contributed by atoms with van der Waals surface area (Å²) < 4.78 is 12.6. The van der Waals surface area contributed by atoms with Crippen molar-refractivity contribution in [1.82, 2.24) is 9.66 Å². The third-order valence-corrected chi connectivity index (χ3v) is 4.30. The first-order chi connectivity index (χ1) is 12.9. The number of rotatable bonds is 5. The maximum absolute atomic E-state index is 12.5. The molecule has 140 valence electrons. The van der Waals surface area contributed by atoms with Crippen LogP contribution in [0.5, 0.6) is 11.5 Å². The normalized spacial score (nSPS) is 11.4. The summed E-state index contributed by atoms with van der Waals surface area (Å²) in [6, 6.07) is 10.3. The Bertz CT molecular complexity index is 1130. The van der Waals surface area contributed by atoms with E-state index in [4.69, 9.17) is 9.47 Å². The Labute approximate surface area is 163 Å². The molecule has 0 unspecified atom stereocenters. The number of H-pyrrole nitrogens is 1. The highest BCUT2D eigenvalue weighted by Gasteiger charge is 2.13. The summed E-state index contributed by atoms with van der Waals surface area (Å²) >= 11 is 3.45. The molecule has 0 bridgehead atoms. The van der Waals surface area contributed by atoms with Crippen LogP contribution in [0.4, 0.5) is 0 Å². The van der Waals surface area contributed by atoms with E-state index in [-0.39, 0.29) is 6.10 Å². The molecule has 0 amide bonds. The molecular formula is C19H18BrN3O4. The number of ether oxygens (including phenoxy) is 2. The summed E-state index contributed by atoms with van der Waals surface area (Å²) in [5.41, 5.74) is 0.00461. The molecule has 0 aliphatic carbocycles. The van der Waals surface area contributed by atoms with Crippen molar-refractivity contribution in [3.63, 3.8) is 0 Å². The summed E-state index contributed by atoms with van der Waals surface area (Å²) in [6.07, 6.45) is 1.39. The van der Waals surface area contributed by atoms with E-state index in [1.165, 1.54) is 13.3 Å². The van der Waals surface area contributed by atoms with Crippen molar-refractivity contribution < 1.29 is 9.47 Å². The van der Waals surface area contributed by atoms with Gasteiger partial charge in [-0.3, -0.25) is 4.79 Å². The lowest BCUT2D eigenvalue weighted by Crippen LogP contribution is -2.32. The molecule has 27 heavy (non-hydrogen) atoms. The number of benzene rings is 2. The Hall–Kier alpha value is -2.87. The lowest BCUT2D eigenvalue weighted by Gasteiger charge is -2.15. The standard InChI is InChI=1S/C19H18BrN3O4/c1-11(2)27-17-14(20)8-12(9-16(17)26-3)10-21-23-18(24)13-6-4-5-7-15(13)22-19(23)25/h4-11H,1-3H3,(H,22,25). The number of hydrogen-bond donors (Lipinski definition) is 1. The van der Waals surface area contributed by atoms with E-state index < -0.39 is 11.2 Å². The van der Waals surface area contributed by atoms with E-state index in [1.807, 2.05) is 13.8 Å². The van der Waals surface area contributed by atoms with Crippen LogP contribution in [0.3, 0.4) is 0 Å². The third-order valence-electron chi connectivity index (χ3n) is 3.71. The molecule has 0 aliphatic rings. The highest BCUT2D eigenvalue weighted by molar-refractivity contribution is 9.10. The zero-order chi connectivity index (χ0) is 19.6. The van der Waals surface area contributed by atoms with Crippen LogP contribution in [0.25, 0.3) is 10.9 Å². The highest BCUT2D eigenvalue weighted by atomic mass is 79.9. The van der Waals surface area contributed by atoms with Gasteiger partial charge in [0.05, 0.1) is 34.8 Å². The molecule has 1 N–H and O–H groups in total. The molecule has 0 atom stereocenters. The number of fused-ring (bicyclic) bond motifs is 1. The minimum Gasteiger partial charge on any atom is -0.493 e. The first kappa shape index (κ1) is 18.9. The lowest BCUT2D eigenvalue weighted by atomic mass is 10.2. The monoisotopic (exact) mass is 431 g/mol. The van der Waals surface area contributed by atoms with E-state index >= 15 is 0 Å². The van der Waals surface area contributed by atoms with Gasteiger partial charge in [0.15, 0.2) is 11.5 Å². The lowest BCUT2D eigenvalue weighted by molar-refractivity contribution is 0.228. The van der Waals surface area contributed by atoms with Gasteiger partial charge >= 0.3 is 5.69 Å². The Balaban J connectivity index is 2.04. The first-order valence-electron chi connectivity index (χ1n) is 8.23. The van der Waals surface area contributed by atoms with E-state index in [1.54, 1.807) is 36.4 Å². The number of hydrogen-bond acceptors (Lipinski definition) is 5. The van der Waals surface area contributed by atoms with Crippen LogP contribution in [-0.4, -0.2) is 29.1 Å². The van der Waals surface area contributed by atoms with Gasteiger partial charge in [0.2, 0.25) is 0 Å². The Morgan fingerprint density at radius 3 is 2.67 bits per heavy atom. The maximum Gasteiger partial charge on any atom is 0.349 e. The fourth-order valence-electron chi connectivity index (χ4n) is 2.55. The van der Waals surface area contributed by atoms with Crippen molar-refractivity contribution in [2.75, 3.05) is 7.11 Å². The molecule has 0 saturated carbocycles. The fraction of sp³-hybridized carbons (Fsp3) is 0.211. The van der Waals surface area contributed by atoms with E-state index in [0.717, 1.165) is 4.68 Å². The predicted molar refractivity (Wildman–Crippen MR) is 108 cm³/mol. The van der Waals surface area contributed by atoms with Crippen molar-refractivity contribution in [3.05, 3.63) is 67.3 Å². The van der Waals surface area contributed by atoms with E-state index in [2.05, 4.69) is 26.0 Å². The molecule has 2 aromatic carbocycles. The van der Waals surface area contributed by atoms with Gasteiger partial charge in [0, 0.05) is 0 Å². The topological polar surface area (TPSA) is 85.7 Å². The maximum atomic E-state index is 12.5. The Kier molecular flexibility index (Phi) is 5.46. The van der Waals surface area contributed by atoms with Gasteiger partial charge in [-0.15, -0.1) is 4.68 Å². The van der Waals surface area contributed by atoms with Gasteiger partial charge in [0.25, 0.3) is 5.56 Å². The quantitative estimate of drug-likeness (QED) is 0.628. The number of nitrogens with zero attached hydrogens (tertiary/aromatic N) is 2. The molecule has 0 spiro atoms. The largest absolute Gasteiger partial charge is 0.493 e. The minimum absolute atomic E-state index is 0.0237. The molecule has 0 fully saturated rings. The van der Waals surface area contributed by atoms with Crippen molar-refractivity contribution in [2.45, 2.75) is 20.0 Å². The van der Waals surface area contributed by atoms with Crippen molar-refractivity contribution in [2.24, 2.45) is 5.10 Å². The third kappa shape index (κ3) is 3.95. The number of para-hydroxylation sites is 1. The number of halogens is 1. The van der Waals surface area contributed by atoms with Crippen molar-refractivity contribution >= 4 is 33.0 Å². The SMILES string of the molecule is COc1cc(C=Nn2c(=O)[nH]c3ccccc3c2=O)cc(Br)c1OC(C)C. The molecule has 1 heterocycles. The number of aromatic amines is 1. The molecule has 3 aromatic rings. The first-order valence-corrected chi connectivity index (χ1v) is 9.02. The van der Waals surface area contributed by atoms with Crippen LogP contribution in [-0.2, 0) is 0 Å². The van der Waals surface area contributed by atoms with Gasteiger partial charge in [-0.1, -0.05) is 12.1 Å². The zero-order valence-electron chi connectivity index (χ0n) is 15.0. The van der Waals surface area contributed by atoms with Crippen LogP contribution in [0.2, 0.25) is 0 Å². The Morgan fingerprint density at radius 2 is 1.96 bits per heavy atom. The second-order valence-electron chi connectivity index (χ2n) is 6.04. The van der Waals surface area contributed by atoms with Crippen LogP contribution in [0.1, 0.15) is 19.4 Å². The smallest absolute Gasteiger partial charge is 0.349 e. The van der Waals surface area contributed by atoms with E-state index in [9.17, 15) is 9.59 Å². The molecule has 7 nitrogen and oxygen atoms in total. The average Bonchev–Trinajstić information content (AvgIpc) is 2.63. The summed E-state index contributed by atoms with van der Waals surface area (Å²) in [5, 5.41) is 4.43. The zero-order valence-corrected chi connectivity index (χ0v) is 16.6. The molecule has 0 saturated heterocycles. The van der Waals surface area contributed by atoms with Crippen LogP contribution in [0, 0.1) is 0 Å². The number of aromatic nitrogens is 2. The number of methoxy groups -OCH3 is 1. The summed E-state index contributed by atoms with van der Waals surface area (Å²) in [6.45, 7) is 3.83. The number of nitrogens with one attached hydrogen (secondary N) is 1. The summed E-state index contributed by atoms with van der Waals surface area (Å²) in [7, 11) is 1.54. The van der Waals surface area contributed by atoms with Crippen LogP contribution >= 0.6 is 15.9 Å². The summed E-state index contributed by atoms with van der Waals surface area (Å²) in [5.74, 6) is 1.09. The Morgan fingerprint density at radius 1 is 1.22 bits per heavy atom. The fourth-order valence-corrected chi connectivity index (χ4v) is 3.10. The molecule has 8 heteroatoms. The predicted octanol–water partition coefficient (Wildman–Crippen LogP) is 3.13. The van der Waals surface area contributed by atoms with Gasteiger partial charge in [-0.2, -0.15) is 5.10 Å². The molecule has 1 aromatic heterocycles. The van der Waals surface area contributed by atoms with Gasteiger partial charge in [-0.05, 0) is 59.6 Å². The van der Waals surface area contributed by atoms with Gasteiger partial charge < -0.3 is 14.5 Å². The average molecular weight is 432 g/mol. The second kappa shape index (κ2) is 7.79. The molecular weight excluding hydrogens is 414 g/mol. The highest BCUT2D eigenvalue weighted by Crippen LogP contribution is 2.36. The van der Waals surface area contributed by atoms with Crippen LogP contribution < -0.4 is 20.7 Å². The van der Waals surface area contributed by atoms with Crippen LogP contribution in [0.15, 0.2) is 55.6 Å². The van der Waals surface area contributed by atoms with Crippen molar-refractivity contribution in [1.29, 1.82) is 0 Å². The van der Waals surface area contributed by atoms with Gasteiger partial charge in [-0.25, -0.2) is 4.79 Å². The summed E-state index contributed by atoms with van der Waals surface area (Å²) in [4.78, 5) is 27.3.